The lowest BCUT2D eigenvalue weighted by Gasteiger charge is -2.19. The van der Waals surface area contributed by atoms with Crippen LogP contribution in [0.25, 0.3) is 0 Å². The Hall–Kier alpha value is -0.220. The number of amides is 1. The molecule has 0 heterocycles. The minimum absolute atomic E-state index is 0.0739. The number of hydrogen-bond acceptors (Lipinski definition) is 3. The highest BCUT2D eigenvalue weighted by atomic mass is 32.2. The molecule has 94 valence electrons. The second kappa shape index (κ2) is 7.17. The third-order valence-electron chi connectivity index (χ3n) is 3.21. The normalized spacial score (nSPS) is 20.7. The van der Waals surface area contributed by atoms with Crippen LogP contribution in [0.4, 0.5) is 0 Å². The number of hydrogen-bond donors (Lipinski definition) is 2. The van der Waals surface area contributed by atoms with Gasteiger partial charge < -0.3 is 10.6 Å². The minimum Gasteiger partial charge on any atom is -0.352 e. The summed E-state index contributed by atoms with van der Waals surface area (Å²) < 4.78 is 0. The fourth-order valence-electron chi connectivity index (χ4n) is 1.92. The number of nitrogens with one attached hydrogen (secondary N) is 2. The maximum Gasteiger partial charge on any atom is 0.237 e. The van der Waals surface area contributed by atoms with Gasteiger partial charge in [-0.3, -0.25) is 4.79 Å². The molecule has 0 spiro atoms. The summed E-state index contributed by atoms with van der Waals surface area (Å²) in [4.78, 5) is 11.8. The maximum absolute atomic E-state index is 11.8. The molecule has 1 rings (SSSR count). The van der Waals surface area contributed by atoms with Crippen molar-refractivity contribution in [2.75, 3.05) is 12.8 Å². The van der Waals surface area contributed by atoms with Crippen molar-refractivity contribution in [3.63, 3.8) is 0 Å². The summed E-state index contributed by atoms with van der Waals surface area (Å²) in [6, 6.07) is 0.352. The first-order valence-electron chi connectivity index (χ1n) is 6.20. The Morgan fingerprint density at radius 2 is 2.00 bits per heavy atom. The van der Waals surface area contributed by atoms with Crippen molar-refractivity contribution in [1.82, 2.24) is 10.6 Å². The topological polar surface area (TPSA) is 41.1 Å². The summed E-state index contributed by atoms with van der Waals surface area (Å²) in [7, 11) is 0. The molecule has 3 nitrogen and oxygen atoms in total. The van der Waals surface area contributed by atoms with Crippen molar-refractivity contribution >= 4 is 17.7 Å². The lowest BCUT2D eigenvalue weighted by molar-refractivity contribution is -0.123. The second-order valence-electron chi connectivity index (χ2n) is 4.67. The molecule has 4 heteroatoms. The largest absolute Gasteiger partial charge is 0.352 e. The van der Waals surface area contributed by atoms with E-state index in [4.69, 9.17) is 0 Å². The SMILES string of the molecule is CSC(C)CNC(C)C(=O)NC1CCCC1. The average Bonchev–Trinajstić information content (AvgIpc) is 2.77. The van der Waals surface area contributed by atoms with E-state index in [1.54, 1.807) is 0 Å². The van der Waals surface area contributed by atoms with E-state index in [2.05, 4.69) is 23.8 Å². The quantitative estimate of drug-likeness (QED) is 0.748. The Morgan fingerprint density at radius 3 is 2.56 bits per heavy atom. The number of rotatable bonds is 6. The molecule has 1 saturated carbocycles. The lowest BCUT2D eigenvalue weighted by Crippen LogP contribution is -2.46. The van der Waals surface area contributed by atoms with Crippen LogP contribution in [0, 0.1) is 0 Å². The highest BCUT2D eigenvalue weighted by molar-refractivity contribution is 7.99. The minimum atomic E-state index is -0.0739. The van der Waals surface area contributed by atoms with Crippen molar-refractivity contribution < 1.29 is 4.79 Å². The smallest absolute Gasteiger partial charge is 0.237 e. The van der Waals surface area contributed by atoms with Gasteiger partial charge in [-0.15, -0.1) is 0 Å². The molecule has 0 saturated heterocycles. The van der Waals surface area contributed by atoms with Gasteiger partial charge in [0, 0.05) is 17.8 Å². The van der Waals surface area contributed by atoms with Crippen LogP contribution >= 0.6 is 11.8 Å². The highest BCUT2D eigenvalue weighted by Crippen LogP contribution is 2.17. The lowest BCUT2D eigenvalue weighted by atomic mass is 10.2. The molecule has 16 heavy (non-hydrogen) atoms. The van der Waals surface area contributed by atoms with Gasteiger partial charge >= 0.3 is 0 Å². The van der Waals surface area contributed by atoms with Crippen molar-refractivity contribution in [1.29, 1.82) is 0 Å². The van der Waals surface area contributed by atoms with Gasteiger partial charge in [-0.2, -0.15) is 11.8 Å². The molecular formula is C12H24N2OS. The third kappa shape index (κ3) is 4.74. The van der Waals surface area contributed by atoms with Crippen LogP contribution in [-0.2, 0) is 4.79 Å². The van der Waals surface area contributed by atoms with Gasteiger partial charge in [0.15, 0.2) is 0 Å². The van der Waals surface area contributed by atoms with Crippen LogP contribution in [0.5, 0.6) is 0 Å². The molecule has 0 aliphatic heterocycles. The van der Waals surface area contributed by atoms with E-state index >= 15 is 0 Å². The molecule has 0 bridgehead atoms. The molecule has 0 aromatic carbocycles. The van der Waals surface area contributed by atoms with Crippen molar-refractivity contribution in [2.24, 2.45) is 0 Å². The molecule has 0 aromatic heterocycles. The van der Waals surface area contributed by atoms with E-state index in [1.165, 1.54) is 12.8 Å². The summed E-state index contributed by atoms with van der Waals surface area (Å²) in [5, 5.41) is 6.94. The first-order valence-corrected chi connectivity index (χ1v) is 7.49. The van der Waals surface area contributed by atoms with Crippen molar-refractivity contribution in [3.8, 4) is 0 Å². The van der Waals surface area contributed by atoms with Gasteiger partial charge in [-0.1, -0.05) is 19.8 Å². The number of thioether (sulfide) groups is 1. The molecule has 1 amide bonds. The Bertz CT molecular complexity index is 217. The highest BCUT2D eigenvalue weighted by Gasteiger charge is 2.20. The predicted octanol–water partition coefficient (Wildman–Crippen LogP) is 1.77. The van der Waals surface area contributed by atoms with Crippen LogP contribution in [0.3, 0.4) is 0 Å². The van der Waals surface area contributed by atoms with Crippen LogP contribution < -0.4 is 10.6 Å². The molecule has 2 unspecified atom stereocenters. The van der Waals surface area contributed by atoms with E-state index in [-0.39, 0.29) is 11.9 Å². The monoisotopic (exact) mass is 244 g/mol. The summed E-state index contributed by atoms with van der Waals surface area (Å²) in [6.45, 7) is 5.00. The Kier molecular flexibility index (Phi) is 6.21. The van der Waals surface area contributed by atoms with E-state index in [0.29, 0.717) is 11.3 Å². The summed E-state index contributed by atoms with van der Waals surface area (Å²) in [6.07, 6.45) is 6.92. The van der Waals surface area contributed by atoms with Gasteiger partial charge in [0.2, 0.25) is 5.91 Å². The van der Waals surface area contributed by atoms with Gasteiger partial charge in [0.05, 0.1) is 6.04 Å². The molecule has 0 radical (unpaired) electrons. The van der Waals surface area contributed by atoms with Crippen LogP contribution in [0.15, 0.2) is 0 Å². The molecule has 2 atom stereocenters. The zero-order valence-electron chi connectivity index (χ0n) is 10.6. The van der Waals surface area contributed by atoms with E-state index in [1.807, 2.05) is 18.7 Å². The fourth-order valence-corrected chi connectivity index (χ4v) is 2.18. The van der Waals surface area contributed by atoms with Crippen molar-refractivity contribution in [2.45, 2.75) is 56.9 Å². The van der Waals surface area contributed by atoms with Gasteiger partial charge in [0.1, 0.15) is 0 Å². The maximum atomic E-state index is 11.8. The van der Waals surface area contributed by atoms with Gasteiger partial charge in [-0.05, 0) is 26.0 Å². The van der Waals surface area contributed by atoms with E-state index in [9.17, 15) is 4.79 Å². The van der Waals surface area contributed by atoms with E-state index < -0.39 is 0 Å². The summed E-state index contributed by atoms with van der Waals surface area (Å²) >= 11 is 1.82. The summed E-state index contributed by atoms with van der Waals surface area (Å²) in [5.74, 6) is 0.153. The van der Waals surface area contributed by atoms with Crippen molar-refractivity contribution in [3.05, 3.63) is 0 Å². The number of carbonyl (C=O) groups excluding carboxylic acids is 1. The Labute approximate surface area is 103 Å². The van der Waals surface area contributed by atoms with Crippen LogP contribution in [-0.4, -0.2) is 36.0 Å². The molecule has 2 N–H and O–H groups in total. The zero-order chi connectivity index (χ0) is 12.0. The number of carbonyl (C=O) groups is 1. The molecule has 1 aliphatic rings. The zero-order valence-corrected chi connectivity index (χ0v) is 11.4. The predicted molar refractivity (Wildman–Crippen MR) is 70.8 cm³/mol. The standard InChI is InChI=1S/C12H24N2OS/c1-9(16-3)8-13-10(2)12(15)14-11-6-4-5-7-11/h9-11,13H,4-8H2,1-3H3,(H,14,15). The average molecular weight is 244 g/mol. The van der Waals surface area contributed by atoms with Crippen LogP contribution in [0.1, 0.15) is 39.5 Å². The Balaban J connectivity index is 2.19. The summed E-state index contributed by atoms with van der Waals surface area (Å²) in [5.41, 5.74) is 0. The fraction of sp³-hybridized carbons (Fsp3) is 0.917. The first kappa shape index (κ1) is 13.8. The molecule has 0 aromatic rings. The van der Waals surface area contributed by atoms with Crippen LogP contribution in [0.2, 0.25) is 0 Å². The Morgan fingerprint density at radius 1 is 1.38 bits per heavy atom. The molecular weight excluding hydrogens is 220 g/mol. The van der Waals surface area contributed by atoms with Gasteiger partial charge in [0.25, 0.3) is 0 Å². The first-order chi connectivity index (χ1) is 7.63. The van der Waals surface area contributed by atoms with E-state index in [0.717, 1.165) is 19.4 Å². The van der Waals surface area contributed by atoms with Gasteiger partial charge in [-0.25, -0.2) is 0 Å². The molecule has 1 aliphatic carbocycles. The third-order valence-corrected chi connectivity index (χ3v) is 4.18. The molecule has 1 fully saturated rings. The second-order valence-corrected chi connectivity index (χ2v) is 5.94.